The van der Waals surface area contributed by atoms with Crippen LogP contribution >= 0.6 is 0 Å². The minimum absolute atomic E-state index is 0.125. The Labute approximate surface area is 98.6 Å². The van der Waals surface area contributed by atoms with Gasteiger partial charge in [0.1, 0.15) is 5.54 Å². The van der Waals surface area contributed by atoms with Crippen molar-refractivity contribution < 1.29 is 14.7 Å². The number of carbonyl (C=O) groups is 2. The van der Waals surface area contributed by atoms with Crippen molar-refractivity contribution in [3.8, 4) is 0 Å². The summed E-state index contributed by atoms with van der Waals surface area (Å²) >= 11 is 0. The third kappa shape index (κ3) is 2.14. The number of amides is 1. The highest BCUT2D eigenvalue weighted by atomic mass is 16.4. The topological polar surface area (TPSA) is 92.4 Å². The number of benzene rings is 1. The van der Waals surface area contributed by atoms with Crippen molar-refractivity contribution >= 4 is 11.9 Å². The lowest BCUT2D eigenvalue weighted by molar-refractivity contribution is -0.144. The zero-order valence-corrected chi connectivity index (χ0v) is 9.27. The van der Waals surface area contributed by atoms with Gasteiger partial charge >= 0.3 is 5.97 Å². The van der Waals surface area contributed by atoms with Gasteiger partial charge in [-0.2, -0.15) is 0 Å². The molecule has 1 aromatic rings. The summed E-state index contributed by atoms with van der Waals surface area (Å²) in [6, 6.07) is 7.58. The second kappa shape index (κ2) is 4.18. The third-order valence-electron chi connectivity index (χ3n) is 3.11. The van der Waals surface area contributed by atoms with Gasteiger partial charge < -0.3 is 10.8 Å². The van der Waals surface area contributed by atoms with E-state index in [0.29, 0.717) is 12.8 Å². The molecular formula is C12H14N2O3. The van der Waals surface area contributed by atoms with E-state index in [1.807, 2.05) is 24.3 Å². The Morgan fingerprint density at radius 1 is 1.29 bits per heavy atom. The molecule has 0 atom stereocenters. The standard InChI is InChI=1S/C12H14N2O3/c13-10(15)7-14-12(11(16)17)5-8-3-1-2-4-9(8)6-12/h1-4,14H,5-7H2,(H2,13,15)(H,16,17). The quantitative estimate of drug-likeness (QED) is 0.666. The van der Waals surface area contributed by atoms with Crippen LogP contribution in [0.1, 0.15) is 11.1 Å². The van der Waals surface area contributed by atoms with Crippen LogP contribution in [0.4, 0.5) is 0 Å². The fourth-order valence-corrected chi connectivity index (χ4v) is 2.22. The number of carbonyl (C=O) groups excluding carboxylic acids is 1. The van der Waals surface area contributed by atoms with Crippen LogP contribution in [0.25, 0.3) is 0 Å². The normalized spacial score (nSPS) is 16.5. The van der Waals surface area contributed by atoms with E-state index >= 15 is 0 Å². The molecule has 4 N–H and O–H groups in total. The summed E-state index contributed by atoms with van der Waals surface area (Å²) in [5.41, 5.74) is 5.95. The van der Waals surface area contributed by atoms with E-state index in [-0.39, 0.29) is 6.54 Å². The van der Waals surface area contributed by atoms with Crippen molar-refractivity contribution in [2.45, 2.75) is 18.4 Å². The summed E-state index contributed by atoms with van der Waals surface area (Å²) in [4.78, 5) is 22.2. The number of carboxylic acid groups (broad SMARTS) is 1. The lowest BCUT2D eigenvalue weighted by Gasteiger charge is -2.24. The maximum Gasteiger partial charge on any atom is 0.324 e. The average molecular weight is 234 g/mol. The number of rotatable bonds is 4. The third-order valence-corrected chi connectivity index (χ3v) is 3.11. The van der Waals surface area contributed by atoms with E-state index in [1.165, 1.54) is 0 Å². The summed E-state index contributed by atoms with van der Waals surface area (Å²) < 4.78 is 0. The van der Waals surface area contributed by atoms with Crippen LogP contribution in [0.3, 0.4) is 0 Å². The maximum atomic E-state index is 11.4. The molecule has 0 spiro atoms. The molecule has 1 amide bonds. The molecule has 17 heavy (non-hydrogen) atoms. The molecule has 1 aliphatic carbocycles. The fraction of sp³-hybridized carbons (Fsp3) is 0.333. The first-order chi connectivity index (χ1) is 8.03. The molecule has 0 aromatic heterocycles. The van der Waals surface area contributed by atoms with Gasteiger partial charge in [-0.25, -0.2) is 0 Å². The Balaban J connectivity index is 2.23. The summed E-state index contributed by atoms with van der Waals surface area (Å²) in [6.07, 6.45) is 0.761. The molecule has 0 saturated heterocycles. The average Bonchev–Trinajstić information content (AvgIpc) is 2.66. The fourth-order valence-electron chi connectivity index (χ4n) is 2.22. The van der Waals surface area contributed by atoms with Gasteiger partial charge in [-0.1, -0.05) is 24.3 Å². The monoisotopic (exact) mass is 234 g/mol. The first-order valence-corrected chi connectivity index (χ1v) is 5.37. The van der Waals surface area contributed by atoms with Crippen molar-refractivity contribution in [1.82, 2.24) is 5.32 Å². The maximum absolute atomic E-state index is 11.4. The number of primary amides is 1. The molecule has 90 valence electrons. The molecule has 0 aliphatic heterocycles. The Morgan fingerprint density at radius 2 is 1.82 bits per heavy atom. The molecule has 5 heteroatoms. The predicted octanol–water partition coefficient (Wildman–Crippen LogP) is -0.316. The van der Waals surface area contributed by atoms with Crippen LogP contribution in [-0.4, -0.2) is 29.1 Å². The molecule has 1 aromatic carbocycles. The van der Waals surface area contributed by atoms with Crippen molar-refractivity contribution in [2.75, 3.05) is 6.54 Å². The number of hydrogen-bond donors (Lipinski definition) is 3. The molecule has 0 unspecified atom stereocenters. The summed E-state index contributed by atoms with van der Waals surface area (Å²) in [6.45, 7) is -0.125. The largest absolute Gasteiger partial charge is 0.480 e. The van der Waals surface area contributed by atoms with Crippen molar-refractivity contribution in [3.05, 3.63) is 35.4 Å². The Kier molecular flexibility index (Phi) is 2.85. The molecule has 0 radical (unpaired) electrons. The number of carboxylic acids is 1. The van der Waals surface area contributed by atoms with Gasteiger partial charge in [0.2, 0.25) is 5.91 Å². The molecule has 5 nitrogen and oxygen atoms in total. The lowest BCUT2D eigenvalue weighted by atomic mass is 9.96. The van der Waals surface area contributed by atoms with E-state index in [4.69, 9.17) is 5.73 Å². The van der Waals surface area contributed by atoms with Crippen LogP contribution in [0, 0.1) is 0 Å². The number of hydrogen-bond acceptors (Lipinski definition) is 3. The smallest absolute Gasteiger partial charge is 0.324 e. The van der Waals surface area contributed by atoms with Crippen LogP contribution in [0.15, 0.2) is 24.3 Å². The van der Waals surface area contributed by atoms with Crippen LogP contribution in [0.5, 0.6) is 0 Å². The van der Waals surface area contributed by atoms with Gasteiger partial charge in [-0.05, 0) is 11.1 Å². The minimum Gasteiger partial charge on any atom is -0.480 e. The lowest BCUT2D eigenvalue weighted by Crippen LogP contribution is -2.55. The van der Waals surface area contributed by atoms with Gasteiger partial charge in [0.15, 0.2) is 0 Å². The van der Waals surface area contributed by atoms with Gasteiger partial charge in [0.05, 0.1) is 6.54 Å². The SMILES string of the molecule is NC(=O)CNC1(C(=O)O)Cc2ccccc2C1. The second-order valence-corrected chi connectivity index (χ2v) is 4.33. The predicted molar refractivity (Wildman–Crippen MR) is 61.4 cm³/mol. The Morgan fingerprint density at radius 3 is 2.24 bits per heavy atom. The van der Waals surface area contributed by atoms with E-state index in [0.717, 1.165) is 11.1 Å². The van der Waals surface area contributed by atoms with E-state index in [2.05, 4.69) is 5.32 Å². The highest BCUT2D eigenvalue weighted by molar-refractivity contribution is 5.83. The van der Waals surface area contributed by atoms with E-state index in [9.17, 15) is 14.7 Å². The van der Waals surface area contributed by atoms with Crippen LogP contribution < -0.4 is 11.1 Å². The number of nitrogens with two attached hydrogens (primary N) is 1. The highest BCUT2D eigenvalue weighted by Gasteiger charge is 2.43. The van der Waals surface area contributed by atoms with Crippen molar-refractivity contribution in [2.24, 2.45) is 5.73 Å². The minimum atomic E-state index is -1.10. The molecule has 2 rings (SSSR count). The van der Waals surface area contributed by atoms with Gasteiger partial charge in [-0.3, -0.25) is 14.9 Å². The molecule has 0 fully saturated rings. The van der Waals surface area contributed by atoms with Crippen LogP contribution in [-0.2, 0) is 22.4 Å². The van der Waals surface area contributed by atoms with Gasteiger partial charge in [0, 0.05) is 12.8 Å². The number of aliphatic carboxylic acids is 1. The van der Waals surface area contributed by atoms with Gasteiger partial charge in [0.25, 0.3) is 0 Å². The van der Waals surface area contributed by atoms with Crippen molar-refractivity contribution in [1.29, 1.82) is 0 Å². The zero-order chi connectivity index (χ0) is 12.5. The molecule has 0 heterocycles. The van der Waals surface area contributed by atoms with Crippen LogP contribution in [0.2, 0.25) is 0 Å². The molecule has 1 aliphatic rings. The summed E-state index contributed by atoms with van der Waals surface area (Å²) in [5, 5.41) is 12.1. The molecule has 0 saturated carbocycles. The first kappa shape index (κ1) is 11.6. The number of fused-ring (bicyclic) bond motifs is 1. The zero-order valence-electron chi connectivity index (χ0n) is 9.27. The highest BCUT2D eigenvalue weighted by Crippen LogP contribution is 2.30. The summed E-state index contributed by atoms with van der Waals surface area (Å²) in [5.74, 6) is -1.50. The number of nitrogens with one attached hydrogen (secondary N) is 1. The molecular weight excluding hydrogens is 220 g/mol. The molecule has 0 bridgehead atoms. The van der Waals surface area contributed by atoms with Gasteiger partial charge in [-0.15, -0.1) is 0 Å². The van der Waals surface area contributed by atoms with Crippen molar-refractivity contribution in [3.63, 3.8) is 0 Å². The Bertz CT molecular complexity index is 446. The van der Waals surface area contributed by atoms with E-state index in [1.54, 1.807) is 0 Å². The van der Waals surface area contributed by atoms with E-state index < -0.39 is 17.4 Å². The summed E-state index contributed by atoms with van der Waals surface area (Å²) in [7, 11) is 0. The second-order valence-electron chi connectivity index (χ2n) is 4.33. The Hall–Kier alpha value is -1.88. The first-order valence-electron chi connectivity index (χ1n) is 5.37.